The van der Waals surface area contributed by atoms with E-state index >= 15 is 0 Å². The topological polar surface area (TPSA) is 64.6 Å². The van der Waals surface area contributed by atoms with Crippen molar-refractivity contribution in [3.8, 4) is 5.75 Å². The summed E-state index contributed by atoms with van der Waals surface area (Å²) in [6, 6.07) is 7.68. The smallest absolute Gasteiger partial charge is 0.306 e. The number of esters is 1. The molecule has 0 radical (unpaired) electrons. The van der Waals surface area contributed by atoms with Crippen LogP contribution in [0.5, 0.6) is 5.75 Å². The number of carbonyl (C=O) groups excluding carboxylic acids is 2. The molecule has 0 atom stereocenters. The third kappa shape index (κ3) is 8.32. The predicted octanol–water partition coefficient (Wildman–Crippen LogP) is 2.29. The highest BCUT2D eigenvalue weighted by Gasteiger charge is 2.07. The van der Waals surface area contributed by atoms with Gasteiger partial charge in [0.15, 0.2) is 0 Å². The third-order valence-electron chi connectivity index (χ3n) is 2.79. The second-order valence-electron chi connectivity index (χ2n) is 4.42. The SMILES string of the molecule is C=CCOC(=O)CCC(=O)NCCc1cccc(OC)c1.Cl. The van der Waals surface area contributed by atoms with E-state index in [9.17, 15) is 9.59 Å². The van der Waals surface area contributed by atoms with Gasteiger partial charge in [-0.3, -0.25) is 9.59 Å². The van der Waals surface area contributed by atoms with Crippen LogP contribution >= 0.6 is 12.4 Å². The summed E-state index contributed by atoms with van der Waals surface area (Å²) in [5.41, 5.74) is 1.08. The highest BCUT2D eigenvalue weighted by atomic mass is 35.5. The monoisotopic (exact) mass is 327 g/mol. The van der Waals surface area contributed by atoms with E-state index in [2.05, 4.69) is 11.9 Å². The van der Waals surface area contributed by atoms with Crippen LogP contribution in [0.1, 0.15) is 18.4 Å². The van der Waals surface area contributed by atoms with Gasteiger partial charge in [0.05, 0.1) is 13.5 Å². The minimum atomic E-state index is -0.391. The quantitative estimate of drug-likeness (QED) is 0.558. The highest BCUT2D eigenvalue weighted by molar-refractivity contribution is 5.85. The number of carbonyl (C=O) groups is 2. The zero-order valence-electron chi connectivity index (χ0n) is 12.7. The lowest BCUT2D eigenvalue weighted by Gasteiger charge is -2.06. The fraction of sp³-hybridized carbons (Fsp3) is 0.375. The van der Waals surface area contributed by atoms with Crippen LogP contribution < -0.4 is 10.1 Å². The molecular weight excluding hydrogens is 306 g/mol. The van der Waals surface area contributed by atoms with E-state index in [4.69, 9.17) is 9.47 Å². The van der Waals surface area contributed by atoms with E-state index < -0.39 is 5.97 Å². The van der Waals surface area contributed by atoms with Crippen molar-refractivity contribution in [2.75, 3.05) is 20.3 Å². The summed E-state index contributed by atoms with van der Waals surface area (Å²) in [6.07, 6.45) is 2.42. The number of benzene rings is 1. The van der Waals surface area contributed by atoms with Gasteiger partial charge in [-0.05, 0) is 24.1 Å². The fourth-order valence-corrected chi connectivity index (χ4v) is 1.70. The van der Waals surface area contributed by atoms with Gasteiger partial charge in [-0.2, -0.15) is 0 Å². The van der Waals surface area contributed by atoms with Gasteiger partial charge in [0.1, 0.15) is 12.4 Å². The van der Waals surface area contributed by atoms with Crippen LogP contribution in [-0.4, -0.2) is 32.1 Å². The van der Waals surface area contributed by atoms with Gasteiger partial charge >= 0.3 is 5.97 Å². The lowest BCUT2D eigenvalue weighted by molar-refractivity contribution is -0.143. The molecule has 1 amide bonds. The molecule has 1 N–H and O–H groups in total. The summed E-state index contributed by atoms with van der Waals surface area (Å²) in [6.45, 7) is 4.14. The Morgan fingerprint density at radius 3 is 2.77 bits per heavy atom. The summed E-state index contributed by atoms with van der Waals surface area (Å²) >= 11 is 0. The van der Waals surface area contributed by atoms with Gasteiger partial charge < -0.3 is 14.8 Å². The van der Waals surface area contributed by atoms with E-state index in [0.717, 1.165) is 11.3 Å². The molecule has 122 valence electrons. The Labute approximate surface area is 137 Å². The summed E-state index contributed by atoms with van der Waals surface area (Å²) < 4.78 is 9.92. The molecule has 22 heavy (non-hydrogen) atoms. The number of amides is 1. The van der Waals surface area contributed by atoms with E-state index in [-0.39, 0.29) is 37.8 Å². The van der Waals surface area contributed by atoms with E-state index in [1.807, 2.05) is 24.3 Å². The Hall–Kier alpha value is -2.01. The van der Waals surface area contributed by atoms with Crippen molar-refractivity contribution in [2.24, 2.45) is 0 Å². The molecule has 0 aromatic heterocycles. The molecule has 5 nitrogen and oxygen atoms in total. The molecule has 0 unspecified atom stereocenters. The van der Waals surface area contributed by atoms with Gasteiger partial charge in [-0.1, -0.05) is 24.8 Å². The van der Waals surface area contributed by atoms with Gasteiger partial charge in [-0.15, -0.1) is 12.4 Å². The Balaban J connectivity index is 0.00000441. The van der Waals surface area contributed by atoms with Crippen LogP contribution in [0.2, 0.25) is 0 Å². The summed E-state index contributed by atoms with van der Waals surface area (Å²) in [7, 11) is 1.62. The molecule has 1 rings (SSSR count). The molecule has 0 fully saturated rings. The number of rotatable bonds is 9. The highest BCUT2D eigenvalue weighted by Crippen LogP contribution is 2.12. The second kappa shape index (κ2) is 11.6. The van der Waals surface area contributed by atoms with Crippen LogP contribution in [0.4, 0.5) is 0 Å². The molecule has 6 heteroatoms. The summed E-state index contributed by atoms with van der Waals surface area (Å²) in [4.78, 5) is 22.8. The minimum absolute atomic E-state index is 0. The van der Waals surface area contributed by atoms with E-state index in [1.54, 1.807) is 7.11 Å². The van der Waals surface area contributed by atoms with Crippen LogP contribution in [0.3, 0.4) is 0 Å². The maximum atomic E-state index is 11.6. The van der Waals surface area contributed by atoms with Crippen LogP contribution in [0.25, 0.3) is 0 Å². The first-order valence-corrected chi connectivity index (χ1v) is 6.82. The van der Waals surface area contributed by atoms with Crippen molar-refractivity contribution in [1.29, 1.82) is 0 Å². The molecule has 0 saturated heterocycles. The largest absolute Gasteiger partial charge is 0.497 e. The van der Waals surface area contributed by atoms with Crippen molar-refractivity contribution in [3.05, 3.63) is 42.5 Å². The summed E-state index contributed by atoms with van der Waals surface area (Å²) in [5, 5.41) is 2.77. The van der Waals surface area contributed by atoms with Gasteiger partial charge in [0.25, 0.3) is 0 Å². The molecule has 0 saturated carbocycles. The first-order chi connectivity index (χ1) is 10.2. The Kier molecular flexibility index (Phi) is 10.6. The number of nitrogens with one attached hydrogen (secondary N) is 1. The number of hydrogen-bond donors (Lipinski definition) is 1. The maximum absolute atomic E-state index is 11.6. The molecule has 0 spiro atoms. The Morgan fingerprint density at radius 1 is 1.32 bits per heavy atom. The minimum Gasteiger partial charge on any atom is -0.497 e. The Bertz CT molecular complexity index is 491. The first kappa shape index (κ1) is 20.0. The van der Waals surface area contributed by atoms with Crippen molar-refractivity contribution in [3.63, 3.8) is 0 Å². The lowest BCUT2D eigenvalue weighted by Crippen LogP contribution is -2.26. The standard InChI is InChI=1S/C16H21NO4.ClH/c1-3-11-21-16(19)8-7-15(18)17-10-9-13-5-4-6-14(12-13)20-2;/h3-6,12H,1,7-11H2,2H3,(H,17,18);1H. The molecule has 1 aromatic carbocycles. The zero-order valence-corrected chi connectivity index (χ0v) is 13.5. The predicted molar refractivity (Wildman–Crippen MR) is 87.3 cm³/mol. The zero-order chi connectivity index (χ0) is 15.5. The normalized spacial score (nSPS) is 9.32. The maximum Gasteiger partial charge on any atom is 0.306 e. The van der Waals surface area contributed by atoms with Crippen LogP contribution in [-0.2, 0) is 20.7 Å². The number of ether oxygens (including phenoxy) is 2. The number of hydrogen-bond acceptors (Lipinski definition) is 4. The van der Waals surface area contributed by atoms with E-state index in [1.165, 1.54) is 6.08 Å². The molecule has 0 heterocycles. The summed E-state index contributed by atoms with van der Waals surface area (Å²) in [5.74, 6) is 0.245. The lowest BCUT2D eigenvalue weighted by atomic mass is 10.1. The molecule has 0 aliphatic rings. The molecular formula is C16H22ClNO4. The first-order valence-electron chi connectivity index (χ1n) is 6.82. The van der Waals surface area contributed by atoms with Crippen molar-refractivity contribution in [2.45, 2.75) is 19.3 Å². The molecule has 0 aliphatic heterocycles. The molecule has 1 aromatic rings. The number of methoxy groups -OCH3 is 1. The fourth-order valence-electron chi connectivity index (χ4n) is 1.70. The van der Waals surface area contributed by atoms with Gasteiger partial charge in [-0.25, -0.2) is 0 Å². The average molecular weight is 328 g/mol. The van der Waals surface area contributed by atoms with Crippen LogP contribution in [0.15, 0.2) is 36.9 Å². The van der Waals surface area contributed by atoms with Gasteiger partial charge in [0.2, 0.25) is 5.91 Å². The van der Waals surface area contributed by atoms with Crippen molar-refractivity contribution in [1.82, 2.24) is 5.32 Å². The van der Waals surface area contributed by atoms with E-state index in [0.29, 0.717) is 13.0 Å². The molecule has 0 aliphatic carbocycles. The second-order valence-corrected chi connectivity index (χ2v) is 4.42. The average Bonchev–Trinajstić information content (AvgIpc) is 2.51. The third-order valence-corrected chi connectivity index (χ3v) is 2.79. The Morgan fingerprint density at radius 2 is 2.09 bits per heavy atom. The van der Waals surface area contributed by atoms with Crippen molar-refractivity contribution >= 4 is 24.3 Å². The number of halogens is 1. The van der Waals surface area contributed by atoms with Crippen LogP contribution in [0, 0.1) is 0 Å². The van der Waals surface area contributed by atoms with Gasteiger partial charge in [0, 0.05) is 13.0 Å². The molecule has 0 bridgehead atoms. The van der Waals surface area contributed by atoms with Crippen molar-refractivity contribution < 1.29 is 19.1 Å².